The highest BCUT2D eigenvalue weighted by Crippen LogP contribution is 2.21. The monoisotopic (exact) mass is 216 g/mol. The SMILES string of the molecule is CC(C)(C)C(N)C(=O)N1CC(O)C(O)C1. The number of likely N-dealkylation sites (tertiary alicyclic amines) is 1. The van der Waals surface area contributed by atoms with Crippen LogP contribution in [0.1, 0.15) is 20.8 Å². The maximum atomic E-state index is 11.9. The number of amides is 1. The summed E-state index contributed by atoms with van der Waals surface area (Å²) in [5.41, 5.74) is 5.50. The van der Waals surface area contributed by atoms with E-state index in [-0.39, 0.29) is 24.4 Å². The van der Waals surface area contributed by atoms with Crippen molar-refractivity contribution in [3.05, 3.63) is 0 Å². The van der Waals surface area contributed by atoms with Gasteiger partial charge in [0.1, 0.15) is 0 Å². The molecule has 0 radical (unpaired) electrons. The molecule has 0 aromatic heterocycles. The first-order valence-corrected chi connectivity index (χ1v) is 5.14. The van der Waals surface area contributed by atoms with E-state index < -0.39 is 18.2 Å². The summed E-state index contributed by atoms with van der Waals surface area (Å²) >= 11 is 0. The van der Waals surface area contributed by atoms with Crippen LogP contribution >= 0.6 is 0 Å². The zero-order valence-corrected chi connectivity index (χ0v) is 9.47. The lowest BCUT2D eigenvalue weighted by molar-refractivity contribution is -0.134. The van der Waals surface area contributed by atoms with Gasteiger partial charge in [-0.3, -0.25) is 4.79 Å². The summed E-state index contributed by atoms with van der Waals surface area (Å²) in [5, 5.41) is 18.6. The topological polar surface area (TPSA) is 86.8 Å². The maximum absolute atomic E-state index is 11.9. The van der Waals surface area contributed by atoms with E-state index >= 15 is 0 Å². The summed E-state index contributed by atoms with van der Waals surface area (Å²) in [6, 6.07) is -0.602. The van der Waals surface area contributed by atoms with Gasteiger partial charge >= 0.3 is 0 Å². The van der Waals surface area contributed by atoms with Gasteiger partial charge < -0.3 is 20.8 Å². The number of carbonyl (C=O) groups excluding carboxylic acids is 1. The lowest BCUT2D eigenvalue weighted by Crippen LogP contribution is -2.50. The first-order valence-electron chi connectivity index (χ1n) is 5.14. The molecule has 88 valence electrons. The molecule has 0 aliphatic carbocycles. The van der Waals surface area contributed by atoms with E-state index in [4.69, 9.17) is 5.73 Å². The van der Waals surface area contributed by atoms with Gasteiger partial charge in [0, 0.05) is 13.1 Å². The molecule has 0 spiro atoms. The minimum Gasteiger partial charge on any atom is -0.388 e. The summed E-state index contributed by atoms with van der Waals surface area (Å²) in [7, 11) is 0. The molecule has 1 aliphatic heterocycles. The van der Waals surface area contributed by atoms with E-state index in [0.29, 0.717) is 0 Å². The molecule has 1 saturated heterocycles. The van der Waals surface area contributed by atoms with Crippen molar-refractivity contribution in [2.75, 3.05) is 13.1 Å². The minimum absolute atomic E-state index is 0.170. The Kier molecular flexibility index (Phi) is 3.38. The highest BCUT2D eigenvalue weighted by Gasteiger charge is 2.37. The number of aliphatic hydroxyl groups excluding tert-OH is 2. The van der Waals surface area contributed by atoms with E-state index in [1.54, 1.807) is 0 Å². The molecule has 1 fully saturated rings. The number of nitrogens with two attached hydrogens (primary N) is 1. The Morgan fingerprint density at radius 1 is 1.33 bits per heavy atom. The molecule has 0 saturated carbocycles. The van der Waals surface area contributed by atoms with E-state index in [1.807, 2.05) is 20.8 Å². The molecular weight excluding hydrogens is 196 g/mol. The van der Waals surface area contributed by atoms with Crippen molar-refractivity contribution in [2.24, 2.45) is 11.1 Å². The molecule has 4 N–H and O–H groups in total. The Labute approximate surface area is 89.9 Å². The molecule has 1 rings (SSSR count). The predicted octanol–water partition coefficient (Wildman–Crippen LogP) is -1.08. The van der Waals surface area contributed by atoms with Gasteiger partial charge in [-0.15, -0.1) is 0 Å². The van der Waals surface area contributed by atoms with Gasteiger partial charge in [-0.2, -0.15) is 0 Å². The average molecular weight is 216 g/mol. The van der Waals surface area contributed by atoms with Crippen LogP contribution in [0.4, 0.5) is 0 Å². The lowest BCUT2D eigenvalue weighted by atomic mass is 9.86. The predicted molar refractivity (Wildman–Crippen MR) is 56.0 cm³/mol. The average Bonchev–Trinajstić information content (AvgIpc) is 2.43. The molecule has 1 aliphatic rings. The highest BCUT2D eigenvalue weighted by atomic mass is 16.3. The van der Waals surface area contributed by atoms with Crippen molar-refractivity contribution in [1.29, 1.82) is 0 Å². The smallest absolute Gasteiger partial charge is 0.240 e. The maximum Gasteiger partial charge on any atom is 0.240 e. The van der Waals surface area contributed by atoms with Gasteiger partial charge in [-0.25, -0.2) is 0 Å². The summed E-state index contributed by atoms with van der Waals surface area (Å²) in [6.45, 7) is 6.00. The fraction of sp³-hybridized carbons (Fsp3) is 0.900. The van der Waals surface area contributed by atoms with Crippen LogP contribution in [-0.2, 0) is 4.79 Å². The van der Waals surface area contributed by atoms with Gasteiger partial charge in [0.15, 0.2) is 0 Å². The summed E-state index contributed by atoms with van der Waals surface area (Å²) < 4.78 is 0. The van der Waals surface area contributed by atoms with Gasteiger partial charge in [0.2, 0.25) is 5.91 Å². The largest absolute Gasteiger partial charge is 0.388 e. The molecule has 0 aromatic carbocycles. The number of hydrogen-bond donors (Lipinski definition) is 3. The molecule has 5 heteroatoms. The van der Waals surface area contributed by atoms with Gasteiger partial charge in [-0.1, -0.05) is 20.8 Å². The molecule has 1 heterocycles. The standard InChI is InChI=1S/C10H20N2O3/c1-10(2,3)8(11)9(15)12-4-6(13)7(14)5-12/h6-8,13-14H,4-5,11H2,1-3H3. The Morgan fingerprint density at radius 2 is 1.73 bits per heavy atom. The Balaban J connectivity index is 2.63. The molecule has 3 unspecified atom stereocenters. The zero-order chi connectivity index (χ0) is 11.8. The van der Waals surface area contributed by atoms with Crippen LogP contribution in [0.2, 0.25) is 0 Å². The number of rotatable bonds is 1. The lowest BCUT2D eigenvalue weighted by Gasteiger charge is -2.29. The van der Waals surface area contributed by atoms with Crippen LogP contribution in [0, 0.1) is 5.41 Å². The van der Waals surface area contributed by atoms with Crippen molar-refractivity contribution in [3.63, 3.8) is 0 Å². The van der Waals surface area contributed by atoms with Gasteiger partial charge in [0.05, 0.1) is 18.2 Å². The van der Waals surface area contributed by atoms with Crippen LogP contribution in [0.3, 0.4) is 0 Å². The number of β-amino-alcohol motifs (C(OH)–C–C–N with tert-alkyl or cyclic N) is 2. The van der Waals surface area contributed by atoms with Crippen LogP contribution in [-0.4, -0.2) is 52.4 Å². The zero-order valence-electron chi connectivity index (χ0n) is 9.47. The van der Waals surface area contributed by atoms with Crippen molar-refractivity contribution >= 4 is 5.91 Å². The van der Waals surface area contributed by atoms with Crippen molar-refractivity contribution in [2.45, 2.75) is 39.0 Å². The second-order valence-corrected chi connectivity index (χ2v) is 5.22. The van der Waals surface area contributed by atoms with Crippen LogP contribution in [0.5, 0.6) is 0 Å². The highest BCUT2D eigenvalue weighted by molar-refractivity contribution is 5.82. The fourth-order valence-corrected chi connectivity index (χ4v) is 1.52. The first kappa shape index (κ1) is 12.4. The van der Waals surface area contributed by atoms with E-state index in [1.165, 1.54) is 4.90 Å². The van der Waals surface area contributed by atoms with Crippen LogP contribution in [0.15, 0.2) is 0 Å². The van der Waals surface area contributed by atoms with E-state index in [0.717, 1.165) is 0 Å². The molecule has 15 heavy (non-hydrogen) atoms. The molecule has 1 amide bonds. The third-order valence-corrected chi connectivity index (χ3v) is 2.77. The second kappa shape index (κ2) is 4.08. The Morgan fingerprint density at radius 3 is 2.07 bits per heavy atom. The molecule has 0 bridgehead atoms. The summed E-state index contributed by atoms with van der Waals surface area (Å²) in [6.07, 6.45) is -1.69. The quantitative estimate of drug-likeness (QED) is 0.520. The third-order valence-electron chi connectivity index (χ3n) is 2.77. The number of hydrogen-bond acceptors (Lipinski definition) is 4. The van der Waals surface area contributed by atoms with E-state index in [2.05, 4.69) is 0 Å². The number of carbonyl (C=O) groups is 1. The first-order chi connectivity index (χ1) is 6.73. The van der Waals surface area contributed by atoms with Crippen LogP contribution in [0.25, 0.3) is 0 Å². The van der Waals surface area contributed by atoms with Crippen molar-refractivity contribution in [3.8, 4) is 0 Å². The summed E-state index contributed by atoms with van der Waals surface area (Å²) in [5.74, 6) is -0.210. The van der Waals surface area contributed by atoms with Crippen molar-refractivity contribution < 1.29 is 15.0 Å². The normalized spacial score (nSPS) is 29.3. The Hall–Kier alpha value is -0.650. The van der Waals surface area contributed by atoms with Crippen molar-refractivity contribution in [1.82, 2.24) is 4.90 Å². The summed E-state index contributed by atoms with van der Waals surface area (Å²) in [4.78, 5) is 13.3. The molecule has 3 atom stereocenters. The number of aliphatic hydroxyl groups is 2. The molecule has 5 nitrogen and oxygen atoms in total. The van der Waals surface area contributed by atoms with Gasteiger partial charge in [-0.05, 0) is 5.41 Å². The Bertz CT molecular complexity index is 240. The second-order valence-electron chi connectivity index (χ2n) is 5.22. The van der Waals surface area contributed by atoms with Gasteiger partial charge in [0.25, 0.3) is 0 Å². The number of nitrogens with zero attached hydrogens (tertiary/aromatic N) is 1. The fourth-order valence-electron chi connectivity index (χ4n) is 1.52. The van der Waals surface area contributed by atoms with E-state index in [9.17, 15) is 15.0 Å². The molecular formula is C10H20N2O3. The molecule has 0 aromatic rings. The van der Waals surface area contributed by atoms with Crippen LogP contribution < -0.4 is 5.73 Å². The third kappa shape index (κ3) is 2.68. The minimum atomic E-state index is -0.846.